The van der Waals surface area contributed by atoms with Crippen molar-refractivity contribution in [2.45, 2.75) is 0 Å². The summed E-state index contributed by atoms with van der Waals surface area (Å²) in [5.74, 6) is 0. The normalized spacial score (nSPS) is 14.6. The van der Waals surface area contributed by atoms with Crippen LogP contribution in [-0.2, 0) is 0 Å². The smallest absolute Gasteiger partial charge is 0.0645 e. The molecule has 0 radical (unpaired) electrons. The van der Waals surface area contributed by atoms with Gasteiger partial charge in [0.2, 0.25) is 0 Å². The molecule has 0 saturated heterocycles. The van der Waals surface area contributed by atoms with Gasteiger partial charge in [0.25, 0.3) is 0 Å². The Balaban J connectivity index is 1.29. The van der Waals surface area contributed by atoms with Crippen LogP contribution in [0.2, 0.25) is 0 Å². The van der Waals surface area contributed by atoms with Crippen LogP contribution in [0.4, 0.5) is 17.1 Å². The first kappa shape index (κ1) is 22.2. The summed E-state index contributed by atoms with van der Waals surface area (Å²) in [7, 11) is 0. The Bertz CT molecular complexity index is 3760. The van der Waals surface area contributed by atoms with E-state index >= 15 is 0 Å². The molecule has 1 nitrogen and oxygen atoms in total. The van der Waals surface area contributed by atoms with Crippen molar-refractivity contribution in [3.05, 3.63) is 236 Å². The third-order valence-electron chi connectivity index (χ3n) is 9.90. The van der Waals surface area contributed by atoms with E-state index in [4.69, 9.17) is 8.22 Å². The van der Waals surface area contributed by atoms with Gasteiger partial charge in [-0.15, -0.1) is 0 Å². The summed E-state index contributed by atoms with van der Waals surface area (Å²) in [4.78, 5) is 1.36. The van der Waals surface area contributed by atoms with Crippen LogP contribution in [0.15, 0.2) is 236 Å². The van der Waals surface area contributed by atoms with Crippen LogP contribution in [0.5, 0.6) is 0 Å². The Morgan fingerprint density at radius 2 is 0.895 bits per heavy atom. The van der Waals surface area contributed by atoms with Gasteiger partial charge in [0.05, 0.1) is 24.9 Å². The third kappa shape index (κ3) is 6.66. The molecule has 0 bridgehead atoms. The van der Waals surface area contributed by atoms with E-state index in [1.165, 1.54) is 4.90 Å². The number of anilines is 3. The van der Waals surface area contributed by atoms with Crippen LogP contribution in [0, 0.1) is 0 Å². The number of rotatable bonds is 8. The fraction of sp³-hybridized carbons (Fsp3) is 0. The SMILES string of the molecule is [2H]c1c([2H])c(N(c2ccc(-c3c(-c4ccccc4)ccc4ccccc34)cc2)c2c([2H])c([2H])c(-c3c([2H])c([2H])c4c([2H])c([2H])c([2H])c([2H])c4c3[2H])c([2H])c2[2H])c(-c2ccccc2)c([2H])c1-c1ccccc1. The second-order valence-corrected chi connectivity index (χ2v) is 13.4. The zero-order valence-corrected chi connectivity index (χ0v) is 30.4. The quantitative estimate of drug-likeness (QED) is 0.150. The summed E-state index contributed by atoms with van der Waals surface area (Å²) >= 11 is 0. The molecule has 0 atom stereocenters. The number of benzene rings is 10. The zero-order valence-electron chi connectivity index (χ0n) is 44.4. The summed E-state index contributed by atoms with van der Waals surface area (Å²) in [5.41, 5.74) is 3.68. The van der Waals surface area contributed by atoms with Crippen LogP contribution in [0.3, 0.4) is 0 Å². The van der Waals surface area contributed by atoms with Gasteiger partial charge in [-0.2, -0.15) is 0 Å². The highest BCUT2D eigenvalue weighted by molar-refractivity contribution is 6.04. The van der Waals surface area contributed by atoms with E-state index in [1.807, 2.05) is 66.7 Å². The summed E-state index contributed by atoms with van der Waals surface area (Å²) in [6.07, 6.45) is 0. The maximum absolute atomic E-state index is 9.88. The number of hydrogen-bond donors (Lipinski definition) is 0. The van der Waals surface area contributed by atoms with Crippen LogP contribution >= 0.6 is 0 Å². The highest BCUT2D eigenvalue weighted by atomic mass is 15.1. The van der Waals surface area contributed by atoms with Crippen molar-refractivity contribution in [3.8, 4) is 55.6 Å². The summed E-state index contributed by atoms with van der Waals surface area (Å²) in [5, 5.41) is 1.18. The lowest BCUT2D eigenvalue weighted by Gasteiger charge is -2.29. The Morgan fingerprint density at radius 1 is 0.316 bits per heavy atom. The molecule has 0 amide bonds. The first-order chi connectivity index (χ1) is 34.1. The van der Waals surface area contributed by atoms with E-state index in [0.29, 0.717) is 11.1 Å². The maximum atomic E-state index is 9.88. The molecule has 0 fully saturated rings. The average molecular weight is 740 g/mol. The molecule has 0 spiro atoms. The van der Waals surface area contributed by atoms with Gasteiger partial charge in [0.15, 0.2) is 0 Å². The molecule has 57 heavy (non-hydrogen) atoms. The Kier molecular flexibility index (Phi) is 5.83. The van der Waals surface area contributed by atoms with Crippen LogP contribution in [-0.4, -0.2) is 0 Å². The molecule has 268 valence electrons. The largest absolute Gasteiger partial charge is 0.310 e. The van der Waals surface area contributed by atoms with Crippen molar-refractivity contribution in [1.82, 2.24) is 0 Å². The van der Waals surface area contributed by atoms with E-state index < -0.39 is 83.0 Å². The lowest BCUT2D eigenvalue weighted by atomic mass is 9.89. The lowest BCUT2D eigenvalue weighted by Crippen LogP contribution is -2.11. The summed E-state index contributed by atoms with van der Waals surface area (Å²) in [6, 6.07) is 38.5. The Labute approximate surface area is 354 Å². The Hall–Kier alpha value is -7.48. The van der Waals surface area contributed by atoms with Gasteiger partial charge in [0.1, 0.15) is 0 Å². The van der Waals surface area contributed by atoms with Crippen LogP contribution in [0.1, 0.15) is 19.2 Å². The van der Waals surface area contributed by atoms with Gasteiger partial charge in [-0.25, -0.2) is 0 Å². The summed E-state index contributed by atoms with van der Waals surface area (Å²) < 4.78 is 129. The standard InChI is InChI=1S/C56H39N/c1-4-14-40(15-5-1)49-31-37-55(54(39-49)44-19-8-3-9-20-44)57(50-32-26-42(27-33-50)48-25-24-41-16-10-11-22-47(41)38-48)51-34-28-46(29-35-51)56-52-23-13-12-21-45(52)30-36-53(56)43-17-6-2-7-18-43/h1-39H/i10D,11D,16D,22D,24D,25D,26D,27D,31D,32D,33D,37D,38D,39D. The monoisotopic (exact) mass is 739 g/mol. The predicted molar refractivity (Wildman–Crippen MR) is 243 cm³/mol. The van der Waals surface area contributed by atoms with Gasteiger partial charge in [-0.05, 0) is 114 Å². The van der Waals surface area contributed by atoms with Gasteiger partial charge in [-0.3, -0.25) is 0 Å². The maximum Gasteiger partial charge on any atom is 0.0645 e. The molecular weight excluding hydrogens is 687 g/mol. The fourth-order valence-corrected chi connectivity index (χ4v) is 7.17. The predicted octanol–water partition coefficient (Wildman–Crippen LogP) is 15.8. The van der Waals surface area contributed by atoms with E-state index in [9.17, 15) is 11.0 Å². The van der Waals surface area contributed by atoms with E-state index in [0.717, 1.165) is 33.0 Å². The fourth-order valence-electron chi connectivity index (χ4n) is 7.17. The van der Waals surface area contributed by atoms with Gasteiger partial charge < -0.3 is 4.90 Å². The highest BCUT2D eigenvalue weighted by Gasteiger charge is 2.20. The third-order valence-corrected chi connectivity index (χ3v) is 9.90. The second-order valence-electron chi connectivity index (χ2n) is 13.4. The van der Waals surface area contributed by atoms with Crippen LogP contribution < -0.4 is 4.90 Å². The molecule has 0 aliphatic rings. The second kappa shape index (κ2) is 15.0. The minimum Gasteiger partial charge on any atom is -0.310 e. The summed E-state index contributed by atoms with van der Waals surface area (Å²) in [6.45, 7) is 0. The van der Waals surface area contributed by atoms with E-state index in [1.54, 1.807) is 72.8 Å². The number of hydrogen-bond acceptors (Lipinski definition) is 1. The Morgan fingerprint density at radius 3 is 1.61 bits per heavy atom. The molecule has 0 heterocycles. The first-order valence-electron chi connectivity index (χ1n) is 25.5. The van der Waals surface area contributed by atoms with Crippen molar-refractivity contribution in [1.29, 1.82) is 0 Å². The van der Waals surface area contributed by atoms with Crippen molar-refractivity contribution in [2.24, 2.45) is 0 Å². The molecule has 0 aromatic heterocycles. The number of fused-ring (bicyclic) bond motifs is 2. The van der Waals surface area contributed by atoms with E-state index in [2.05, 4.69) is 12.1 Å². The first-order valence-corrected chi connectivity index (χ1v) is 18.5. The van der Waals surface area contributed by atoms with Gasteiger partial charge >= 0.3 is 0 Å². The van der Waals surface area contributed by atoms with Crippen LogP contribution in [0.25, 0.3) is 77.2 Å². The van der Waals surface area contributed by atoms with Gasteiger partial charge in [0, 0.05) is 16.9 Å². The van der Waals surface area contributed by atoms with E-state index in [-0.39, 0.29) is 51.7 Å². The van der Waals surface area contributed by atoms with Crippen molar-refractivity contribution >= 4 is 38.6 Å². The molecule has 0 aliphatic heterocycles. The molecule has 0 aliphatic carbocycles. The molecule has 10 rings (SSSR count). The molecule has 10 aromatic rings. The molecular formula is C56H39N. The molecule has 0 N–H and O–H groups in total. The highest BCUT2D eigenvalue weighted by Crippen LogP contribution is 2.45. The number of nitrogens with zero attached hydrogens (tertiary/aromatic N) is 1. The molecule has 0 unspecified atom stereocenters. The minimum atomic E-state index is -0.738. The molecule has 10 aromatic carbocycles. The topological polar surface area (TPSA) is 3.24 Å². The lowest BCUT2D eigenvalue weighted by molar-refractivity contribution is 1.28. The molecule has 1 heteroatoms. The van der Waals surface area contributed by atoms with Crippen molar-refractivity contribution in [2.75, 3.05) is 4.90 Å². The van der Waals surface area contributed by atoms with Crippen molar-refractivity contribution < 1.29 is 19.2 Å². The average Bonchev–Trinajstić information content (AvgIpc) is 3.39. The minimum absolute atomic E-state index is 0.0835. The molecule has 0 saturated carbocycles. The zero-order chi connectivity index (χ0) is 50.2. The van der Waals surface area contributed by atoms with Crippen molar-refractivity contribution in [3.63, 3.8) is 0 Å². The van der Waals surface area contributed by atoms with Gasteiger partial charge in [-0.1, -0.05) is 194 Å².